The van der Waals surface area contributed by atoms with E-state index >= 15 is 0 Å². The molecule has 1 aromatic rings. The van der Waals surface area contributed by atoms with Gasteiger partial charge in [-0.25, -0.2) is 9.59 Å². The summed E-state index contributed by atoms with van der Waals surface area (Å²) in [6, 6.07) is 4.21. The molecule has 138 valence electrons. The standard InChI is InChI=1S/C18H20N2O6/c1-11-4-2-3-7-18(11)16(22)20(17(23)19-18)9-15(21)26-12-5-6-13-14(8-12)25-10-24-13/h5-6,8,11H,2-4,7,9-10H2,1H3,(H,19,23)/t11-,18+/m1/s1. The van der Waals surface area contributed by atoms with Crippen LogP contribution in [0.2, 0.25) is 0 Å². The largest absolute Gasteiger partial charge is 0.454 e. The van der Waals surface area contributed by atoms with E-state index in [1.807, 2.05) is 6.92 Å². The molecule has 1 saturated carbocycles. The summed E-state index contributed by atoms with van der Waals surface area (Å²) in [5.74, 6) is 0.354. The van der Waals surface area contributed by atoms with Gasteiger partial charge in [0.05, 0.1) is 0 Å². The van der Waals surface area contributed by atoms with E-state index in [1.54, 1.807) is 12.1 Å². The lowest BCUT2D eigenvalue weighted by Gasteiger charge is -2.36. The Morgan fingerprint density at radius 2 is 2.12 bits per heavy atom. The predicted octanol–water partition coefficient (Wildman–Crippen LogP) is 1.82. The number of hydrogen-bond acceptors (Lipinski definition) is 6. The summed E-state index contributed by atoms with van der Waals surface area (Å²) in [4.78, 5) is 38.3. The van der Waals surface area contributed by atoms with Gasteiger partial charge in [0, 0.05) is 6.07 Å². The van der Waals surface area contributed by atoms with Crippen molar-refractivity contribution in [3.05, 3.63) is 18.2 Å². The SMILES string of the molecule is C[C@@H]1CCCC[C@]12NC(=O)N(CC(=O)Oc1ccc3c(c1)OCO3)C2=O. The molecule has 1 spiro atoms. The number of ether oxygens (including phenoxy) is 3. The normalized spacial score (nSPS) is 27.0. The number of imide groups is 1. The maximum Gasteiger partial charge on any atom is 0.331 e. The molecule has 8 nitrogen and oxygen atoms in total. The van der Waals surface area contributed by atoms with Crippen LogP contribution < -0.4 is 19.5 Å². The Morgan fingerprint density at radius 3 is 2.92 bits per heavy atom. The fraction of sp³-hybridized carbons (Fsp3) is 0.500. The van der Waals surface area contributed by atoms with Crippen molar-refractivity contribution < 1.29 is 28.6 Å². The van der Waals surface area contributed by atoms with Crippen LogP contribution in [0.4, 0.5) is 4.79 Å². The number of carbonyl (C=O) groups is 3. The first-order valence-corrected chi connectivity index (χ1v) is 8.74. The van der Waals surface area contributed by atoms with Gasteiger partial charge in [-0.1, -0.05) is 19.8 Å². The Bertz CT molecular complexity index is 779. The number of carbonyl (C=O) groups excluding carboxylic acids is 3. The number of nitrogens with zero attached hydrogens (tertiary/aromatic N) is 1. The summed E-state index contributed by atoms with van der Waals surface area (Å²) in [5.41, 5.74) is -0.881. The molecule has 0 aromatic heterocycles. The third kappa shape index (κ3) is 2.65. The van der Waals surface area contributed by atoms with Crippen LogP contribution in [-0.4, -0.2) is 41.7 Å². The molecule has 0 bridgehead atoms. The molecule has 1 aliphatic carbocycles. The minimum absolute atomic E-state index is 0.0441. The van der Waals surface area contributed by atoms with E-state index in [4.69, 9.17) is 14.2 Å². The van der Waals surface area contributed by atoms with E-state index in [1.165, 1.54) is 6.07 Å². The van der Waals surface area contributed by atoms with Gasteiger partial charge in [-0.3, -0.25) is 9.69 Å². The third-order valence-electron chi connectivity index (χ3n) is 5.36. The number of benzene rings is 1. The topological polar surface area (TPSA) is 94.2 Å². The summed E-state index contributed by atoms with van der Waals surface area (Å²) < 4.78 is 15.7. The molecule has 3 aliphatic rings. The van der Waals surface area contributed by atoms with Crippen LogP contribution in [-0.2, 0) is 9.59 Å². The van der Waals surface area contributed by atoms with E-state index in [-0.39, 0.29) is 24.4 Å². The lowest BCUT2D eigenvalue weighted by atomic mass is 9.73. The highest BCUT2D eigenvalue weighted by molar-refractivity contribution is 6.09. The van der Waals surface area contributed by atoms with Crippen LogP contribution in [0.1, 0.15) is 32.6 Å². The third-order valence-corrected chi connectivity index (χ3v) is 5.36. The van der Waals surface area contributed by atoms with Crippen LogP contribution in [0.25, 0.3) is 0 Å². The van der Waals surface area contributed by atoms with Crippen molar-refractivity contribution in [1.29, 1.82) is 0 Å². The fourth-order valence-corrected chi connectivity index (χ4v) is 3.87. The smallest absolute Gasteiger partial charge is 0.331 e. The van der Waals surface area contributed by atoms with Gasteiger partial charge >= 0.3 is 12.0 Å². The van der Waals surface area contributed by atoms with E-state index in [0.29, 0.717) is 17.9 Å². The zero-order chi connectivity index (χ0) is 18.3. The van der Waals surface area contributed by atoms with Gasteiger partial charge in [0.15, 0.2) is 11.5 Å². The summed E-state index contributed by atoms with van der Waals surface area (Å²) >= 11 is 0. The number of urea groups is 1. The van der Waals surface area contributed by atoms with Gasteiger partial charge in [-0.05, 0) is 30.9 Å². The average molecular weight is 360 g/mol. The number of esters is 1. The Labute approximate surface area is 150 Å². The fourth-order valence-electron chi connectivity index (χ4n) is 3.87. The molecule has 4 rings (SSSR count). The molecule has 0 unspecified atom stereocenters. The minimum atomic E-state index is -0.881. The second-order valence-electron chi connectivity index (χ2n) is 6.93. The number of amides is 3. The monoisotopic (exact) mass is 360 g/mol. The zero-order valence-corrected chi connectivity index (χ0v) is 14.4. The van der Waals surface area contributed by atoms with Gasteiger partial charge < -0.3 is 19.5 Å². The molecule has 2 fully saturated rings. The lowest BCUT2D eigenvalue weighted by Crippen LogP contribution is -2.54. The first-order valence-electron chi connectivity index (χ1n) is 8.74. The Morgan fingerprint density at radius 1 is 1.31 bits per heavy atom. The molecular weight excluding hydrogens is 340 g/mol. The number of hydrogen-bond donors (Lipinski definition) is 1. The van der Waals surface area contributed by atoms with Crippen LogP contribution in [0.15, 0.2) is 18.2 Å². The van der Waals surface area contributed by atoms with Crippen molar-refractivity contribution >= 4 is 17.9 Å². The molecule has 26 heavy (non-hydrogen) atoms. The molecule has 1 saturated heterocycles. The van der Waals surface area contributed by atoms with Crippen LogP contribution in [0.3, 0.4) is 0 Å². The zero-order valence-electron chi connectivity index (χ0n) is 14.4. The van der Waals surface area contributed by atoms with Gasteiger partial charge in [0.1, 0.15) is 17.8 Å². The van der Waals surface area contributed by atoms with Gasteiger partial charge in [-0.15, -0.1) is 0 Å². The van der Waals surface area contributed by atoms with Crippen LogP contribution in [0.5, 0.6) is 17.2 Å². The summed E-state index contributed by atoms with van der Waals surface area (Å²) in [7, 11) is 0. The van der Waals surface area contributed by atoms with E-state index in [0.717, 1.165) is 24.2 Å². The summed E-state index contributed by atoms with van der Waals surface area (Å²) in [6.45, 7) is 1.66. The van der Waals surface area contributed by atoms with Crippen molar-refractivity contribution in [2.24, 2.45) is 5.92 Å². The molecule has 1 aromatic carbocycles. The lowest BCUT2D eigenvalue weighted by molar-refractivity contribution is -0.142. The first-order chi connectivity index (χ1) is 12.5. The maximum atomic E-state index is 12.8. The van der Waals surface area contributed by atoms with Crippen molar-refractivity contribution in [2.75, 3.05) is 13.3 Å². The second kappa shape index (κ2) is 6.19. The van der Waals surface area contributed by atoms with Crippen molar-refractivity contribution in [2.45, 2.75) is 38.1 Å². The second-order valence-corrected chi connectivity index (χ2v) is 6.93. The van der Waals surface area contributed by atoms with Gasteiger partial charge in [-0.2, -0.15) is 0 Å². The molecule has 1 N–H and O–H groups in total. The summed E-state index contributed by atoms with van der Waals surface area (Å²) in [6.07, 6.45) is 3.40. The van der Waals surface area contributed by atoms with Crippen LogP contribution in [0, 0.1) is 5.92 Å². The van der Waals surface area contributed by atoms with Crippen molar-refractivity contribution in [3.8, 4) is 17.2 Å². The maximum absolute atomic E-state index is 12.8. The molecule has 2 aliphatic heterocycles. The molecule has 2 heterocycles. The highest BCUT2D eigenvalue weighted by Crippen LogP contribution is 2.38. The predicted molar refractivity (Wildman–Crippen MR) is 88.8 cm³/mol. The van der Waals surface area contributed by atoms with E-state index < -0.39 is 24.1 Å². The van der Waals surface area contributed by atoms with E-state index in [2.05, 4.69) is 5.32 Å². The minimum Gasteiger partial charge on any atom is -0.454 e. The average Bonchev–Trinajstić information content (AvgIpc) is 3.16. The van der Waals surface area contributed by atoms with E-state index in [9.17, 15) is 14.4 Å². The molecule has 3 amide bonds. The molecule has 0 radical (unpaired) electrons. The Hall–Kier alpha value is -2.77. The quantitative estimate of drug-likeness (QED) is 0.502. The van der Waals surface area contributed by atoms with Crippen molar-refractivity contribution in [1.82, 2.24) is 10.2 Å². The Balaban J connectivity index is 1.44. The summed E-state index contributed by atoms with van der Waals surface area (Å²) in [5, 5.41) is 2.82. The van der Waals surface area contributed by atoms with Crippen molar-refractivity contribution in [3.63, 3.8) is 0 Å². The van der Waals surface area contributed by atoms with Gasteiger partial charge in [0.2, 0.25) is 6.79 Å². The highest BCUT2D eigenvalue weighted by Gasteiger charge is 2.55. The number of rotatable bonds is 3. The van der Waals surface area contributed by atoms with Crippen LogP contribution >= 0.6 is 0 Å². The van der Waals surface area contributed by atoms with Gasteiger partial charge in [0.25, 0.3) is 5.91 Å². The number of nitrogens with one attached hydrogen (secondary N) is 1. The first kappa shape index (κ1) is 16.7. The molecule has 2 atom stereocenters. The Kier molecular flexibility index (Phi) is 3.97. The highest BCUT2D eigenvalue weighted by atomic mass is 16.7. The molecular formula is C18H20N2O6. The molecule has 8 heteroatoms. The number of fused-ring (bicyclic) bond motifs is 1.